The molecule has 0 fully saturated rings. The van der Waals surface area contributed by atoms with Crippen molar-refractivity contribution >= 4 is 11.6 Å². The molecule has 28 heavy (non-hydrogen) atoms. The number of nitrogens with zero attached hydrogens (tertiary/aromatic N) is 2. The van der Waals surface area contributed by atoms with Crippen LogP contribution in [-0.4, -0.2) is 48.3 Å². The van der Waals surface area contributed by atoms with E-state index in [2.05, 4.69) is 10.6 Å². The zero-order valence-electron chi connectivity index (χ0n) is 15.0. The maximum atomic E-state index is 11.9. The van der Waals surface area contributed by atoms with Crippen molar-refractivity contribution < 1.29 is 19.6 Å². The molecule has 1 amide bonds. The molecular weight excluding hydrogens is 364 g/mol. The average molecular weight is 384 g/mol. The molecule has 0 bridgehead atoms. The van der Waals surface area contributed by atoms with Gasteiger partial charge < -0.3 is 20.5 Å². The molecule has 2 aromatic rings. The highest BCUT2D eigenvalue weighted by Gasteiger charge is 2.08. The smallest absolute Gasteiger partial charge is 0.269 e. The average Bonchev–Trinajstić information content (AvgIpc) is 2.72. The van der Waals surface area contributed by atoms with Gasteiger partial charge in [0.05, 0.1) is 16.6 Å². The van der Waals surface area contributed by atoms with Crippen LogP contribution in [0.4, 0.5) is 5.69 Å². The summed E-state index contributed by atoms with van der Waals surface area (Å²) in [6.45, 7) is 1.12. The minimum absolute atomic E-state index is 0.0300. The Morgan fingerprint density at radius 2 is 1.86 bits per heavy atom. The van der Waals surface area contributed by atoms with Crippen LogP contribution >= 0.6 is 0 Å². The molecule has 0 heterocycles. The van der Waals surface area contributed by atoms with Gasteiger partial charge in [-0.1, -0.05) is 0 Å². The highest BCUT2D eigenvalue weighted by Crippen LogP contribution is 2.17. The fraction of sp³-hybridized carbons (Fsp3) is 0.263. The second-order valence-electron chi connectivity index (χ2n) is 5.87. The van der Waals surface area contributed by atoms with Gasteiger partial charge in [0.15, 0.2) is 0 Å². The van der Waals surface area contributed by atoms with Crippen LogP contribution in [0, 0.1) is 21.4 Å². The van der Waals surface area contributed by atoms with Gasteiger partial charge in [0, 0.05) is 37.3 Å². The third-order valence-corrected chi connectivity index (χ3v) is 3.73. The van der Waals surface area contributed by atoms with Gasteiger partial charge in [-0.3, -0.25) is 14.9 Å². The molecule has 3 N–H and O–H groups in total. The van der Waals surface area contributed by atoms with E-state index in [4.69, 9.17) is 10.00 Å². The van der Waals surface area contributed by atoms with E-state index in [1.54, 1.807) is 24.3 Å². The molecule has 9 nitrogen and oxygen atoms in total. The summed E-state index contributed by atoms with van der Waals surface area (Å²) in [6, 6.07) is 13.9. The number of rotatable bonds is 10. The monoisotopic (exact) mass is 384 g/mol. The van der Waals surface area contributed by atoms with Gasteiger partial charge in [-0.2, -0.15) is 5.26 Å². The fourth-order valence-corrected chi connectivity index (χ4v) is 2.25. The first-order chi connectivity index (χ1) is 13.5. The number of nitro groups is 1. The van der Waals surface area contributed by atoms with Crippen molar-refractivity contribution in [1.82, 2.24) is 10.6 Å². The number of nitriles is 1. The van der Waals surface area contributed by atoms with E-state index < -0.39 is 11.0 Å². The minimum Gasteiger partial charge on any atom is -0.491 e. The Labute approximate surface area is 161 Å². The van der Waals surface area contributed by atoms with Crippen LogP contribution < -0.4 is 15.4 Å². The van der Waals surface area contributed by atoms with Gasteiger partial charge in [0.1, 0.15) is 18.5 Å². The van der Waals surface area contributed by atoms with Crippen LogP contribution in [0.5, 0.6) is 5.75 Å². The first-order valence-electron chi connectivity index (χ1n) is 8.54. The van der Waals surface area contributed by atoms with Crippen molar-refractivity contribution in [2.24, 2.45) is 0 Å². The number of aliphatic hydroxyl groups is 1. The van der Waals surface area contributed by atoms with Gasteiger partial charge >= 0.3 is 0 Å². The second kappa shape index (κ2) is 10.6. The zero-order valence-corrected chi connectivity index (χ0v) is 15.0. The molecule has 0 aliphatic rings. The quantitative estimate of drug-likeness (QED) is 0.318. The van der Waals surface area contributed by atoms with E-state index >= 15 is 0 Å². The lowest BCUT2D eigenvalue weighted by molar-refractivity contribution is -0.384. The minimum atomic E-state index is -0.774. The molecule has 2 rings (SSSR count). The Morgan fingerprint density at radius 3 is 2.46 bits per heavy atom. The highest BCUT2D eigenvalue weighted by molar-refractivity contribution is 5.94. The summed E-state index contributed by atoms with van der Waals surface area (Å²) in [4.78, 5) is 22.0. The molecule has 0 radical (unpaired) electrons. The standard InChI is InChI=1S/C19H20N4O5/c20-11-14-1-3-15(4-2-14)19(25)22-10-9-21-12-17(24)13-28-18-7-5-16(6-8-18)23(26)27/h1-8,17,21,24H,9-10,12-13H2,(H,22,25). The number of amides is 1. The van der Waals surface area contributed by atoms with E-state index in [-0.39, 0.29) is 24.7 Å². The maximum absolute atomic E-state index is 11.9. The van der Waals surface area contributed by atoms with Crippen LogP contribution in [0.15, 0.2) is 48.5 Å². The molecular formula is C19H20N4O5. The van der Waals surface area contributed by atoms with Gasteiger partial charge in [0.2, 0.25) is 0 Å². The summed E-state index contributed by atoms with van der Waals surface area (Å²) in [5.74, 6) is 0.188. The lowest BCUT2D eigenvalue weighted by Gasteiger charge is -2.13. The number of carbonyl (C=O) groups excluding carboxylic acids is 1. The third kappa shape index (κ3) is 6.68. The van der Waals surface area contributed by atoms with Crippen molar-refractivity contribution in [1.29, 1.82) is 5.26 Å². The van der Waals surface area contributed by atoms with Gasteiger partial charge in [0.25, 0.3) is 11.6 Å². The number of hydrogen-bond donors (Lipinski definition) is 3. The second-order valence-corrected chi connectivity index (χ2v) is 5.87. The number of aliphatic hydroxyl groups excluding tert-OH is 1. The van der Waals surface area contributed by atoms with Crippen molar-refractivity contribution in [3.8, 4) is 11.8 Å². The van der Waals surface area contributed by atoms with E-state index in [0.717, 1.165) is 0 Å². The van der Waals surface area contributed by atoms with Gasteiger partial charge in [-0.25, -0.2) is 0 Å². The van der Waals surface area contributed by atoms with E-state index in [1.165, 1.54) is 24.3 Å². The van der Waals surface area contributed by atoms with Crippen molar-refractivity contribution in [3.63, 3.8) is 0 Å². The van der Waals surface area contributed by atoms with Crippen LogP contribution in [0.25, 0.3) is 0 Å². The third-order valence-electron chi connectivity index (χ3n) is 3.73. The van der Waals surface area contributed by atoms with E-state index in [9.17, 15) is 20.0 Å². The molecule has 2 aromatic carbocycles. The Morgan fingerprint density at radius 1 is 1.18 bits per heavy atom. The molecule has 0 aliphatic heterocycles. The number of carbonyl (C=O) groups is 1. The predicted molar refractivity (Wildman–Crippen MR) is 101 cm³/mol. The van der Waals surface area contributed by atoms with Crippen molar-refractivity contribution in [2.75, 3.05) is 26.2 Å². The fourth-order valence-electron chi connectivity index (χ4n) is 2.25. The van der Waals surface area contributed by atoms with Crippen molar-refractivity contribution in [2.45, 2.75) is 6.10 Å². The molecule has 0 saturated heterocycles. The number of benzene rings is 2. The zero-order chi connectivity index (χ0) is 20.4. The predicted octanol–water partition coefficient (Wildman–Crippen LogP) is 1.23. The van der Waals surface area contributed by atoms with Crippen LogP contribution in [0.3, 0.4) is 0 Å². The van der Waals surface area contributed by atoms with Crippen LogP contribution in [-0.2, 0) is 0 Å². The lowest BCUT2D eigenvalue weighted by Crippen LogP contribution is -2.37. The Balaban J connectivity index is 1.60. The largest absolute Gasteiger partial charge is 0.491 e. The normalized spacial score (nSPS) is 11.3. The van der Waals surface area contributed by atoms with E-state index in [0.29, 0.717) is 30.0 Å². The number of nitro benzene ring substituents is 1. The molecule has 0 aromatic heterocycles. The van der Waals surface area contributed by atoms with Crippen LogP contribution in [0.2, 0.25) is 0 Å². The molecule has 146 valence electrons. The Kier molecular flexibility index (Phi) is 7.90. The number of ether oxygens (including phenoxy) is 1. The van der Waals surface area contributed by atoms with Gasteiger partial charge in [-0.15, -0.1) is 0 Å². The van der Waals surface area contributed by atoms with Crippen molar-refractivity contribution in [3.05, 3.63) is 69.8 Å². The molecule has 1 unspecified atom stereocenters. The first kappa shape index (κ1) is 20.8. The number of hydrogen-bond acceptors (Lipinski definition) is 7. The summed E-state index contributed by atoms with van der Waals surface area (Å²) < 4.78 is 5.37. The molecule has 0 aliphatic carbocycles. The number of nitrogens with one attached hydrogen (secondary N) is 2. The summed E-state index contributed by atoms with van der Waals surface area (Å²) in [5.41, 5.74) is 0.927. The number of non-ortho nitro benzene ring substituents is 1. The Bertz CT molecular complexity index is 831. The van der Waals surface area contributed by atoms with E-state index in [1.807, 2.05) is 6.07 Å². The maximum Gasteiger partial charge on any atom is 0.269 e. The highest BCUT2D eigenvalue weighted by atomic mass is 16.6. The van der Waals surface area contributed by atoms with Gasteiger partial charge in [-0.05, 0) is 36.4 Å². The summed E-state index contributed by atoms with van der Waals surface area (Å²) >= 11 is 0. The SMILES string of the molecule is N#Cc1ccc(C(=O)NCCNCC(O)COc2ccc([N+](=O)[O-])cc2)cc1. The first-order valence-corrected chi connectivity index (χ1v) is 8.54. The Hall–Kier alpha value is -3.48. The molecule has 9 heteroatoms. The topological polar surface area (TPSA) is 138 Å². The van der Waals surface area contributed by atoms with Crippen LogP contribution in [0.1, 0.15) is 15.9 Å². The summed E-state index contributed by atoms with van der Waals surface area (Å²) in [6.07, 6.45) is -0.774. The summed E-state index contributed by atoms with van der Waals surface area (Å²) in [7, 11) is 0. The summed E-state index contributed by atoms with van der Waals surface area (Å²) in [5, 5.41) is 34.9. The molecule has 0 spiro atoms. The molecule has 0 saturated carbocycles. The molecule has 1 atom stereocenters. The lowest BCUT2D eigenvalue weighted by atomic mass is 10.1.